The molecular weight excluding hydrogens is 367 g/mol. The molecule has 2 rings (SSSR count). The van der Waals surface area contributed by atoms with Crippen molar-refractivity contribution in [2.45, 2.75) is 6.18 Å². The number of hydrogen-bond donors (Lipinski definition) is 2. The lowest BCUT2D eigenvalue weighted by Crippen LogP contribution is -2.32. The Morgan fingerprint density at radius 3 is 2.60 bits per heavy atom. The average molecular weight is 375 g/mol. The summed E-state index contributed by atoms with van der Waals surface area (Å²) in [5.41, 5.74) is -0.345. The zero-order valence-corrected chi connectivity index (χ0v) is 12.8. The molecule has 0 bridgehead atoms. The third-order valence-corrected chi connectivity index (χ3v) is 3.53. The molecule has 2 aromatic rings. The van der Waals surface area contributed by atoms with Crippen LogP contribution in [0, 0.1) is 10.1 Å². The van der Waals surface area contributed by atoms with Crippen LogP contribution in [0.3, 0.4) is 0 Å². The fourth-order valence-electron chi connectivity index (χ4n) is 1.58. The Labute approximate surface area is 141 Å². The average Bonchev–Trinajstić information content (AvgIpc) is 3.01. The monoisotopic (exact) mass is 375 g/mol. The van der Waals surface area contributed by atoms with Gasteiger partial charge >= 0.3 is 6.18 Å². The first kappa shape index (κ1) is 18.3. The van der Waals surface area contributed by atoms with Crippen LogP contribution in [0.25, 0.3) is 0 Å². The number of nitro benzene ring substituents is 1. The zero-order valence-electron chi connectivity index (χ0n) is 12.0. The van der Waals surface area contributed by atoms with E-state index in [0.29, 0.717) is 0 Å². The number of nitrogens with zero attached hydrogens (tertiary/aromatic N) is 3. The Morgan fingerprint density at radius 2 is 2.00 bits per heavy atom. The van der Waals surface area contributed by atoms with Crippen LogP contribution in [0.1, 0.15) is 15.4 Å². The number of nitrogens with one attached hydrogen (secondary N) is 2. The van der Waals surface area contributed by atoms with Crippen LogP contribution >= 0.6 is 11.3 Å². The molecule has 9 nitrogen and oxygen atoms in total. The number of anilines is 1. The maximum atomic E-state index is 12.4. The van der Waals surface area contributed by atoms with Crippen LogP contribution in [0.15, 0.2) is 24.3 Å². The highest BCUT2D eigenvalue weighted by Gasteiger charge is 2.35. The second-order valence-electron chi connectivity index (χ2n) is 4.45. The SMILES string of the molecule is O=C(CNC(=O)c1cccc([N+](=O)[O-])c1)Nc1nnc(C(F)(F)F)s1. The second kappa shape index (κ2) is 7.21. The number of carbonyl (C=O) groups excluding carboxylic acids is 2. The van der Waals surface area contributed by atoms with Gasteiger partial charge in [-0.25, -0.2) is 0 Å². The highest BCUT2D eigenvalue weighted by molar-refractivity contribution is 7.15. The van der Waals surface area contributed by atoms with Gasteiger partial charge in [-0.1, -0.05) is 17.4 Å². The lowest BCUT2D eigenvalue weighted by Gasteiger charge is -2.05. The van der Waals surface area contributed by atoms with E-state index in [1.807, 2.05) is 0 Å². The van der Waals surface area contributed by atoms with Gasteiger partial charge in [0.05, 0.1) is 11.5 Å². The van der Waals surface area contributed by atoms with Crippen molar-refractivity contribution >= 4 is 34.0 Å². The van der Waals surface area contributed by atoms with Crippen LogP contribution in [0.5, 0.6) is 0 Å². The highest BCUT2D eigenvalue weighted by Crippen LogP contribution is 2.32. The van der Waals surface area contributed by atoms with Gasteiger partial charge in [-0.05, 0) is 6.07 Å². The van der Waals surface area contributed by atoms with Crippen molar-refractivity contribution in [2.24, 2.45) is 0 Å². The molecule has 2 amide bonds. The normalized spacial score (nSPS) is 11.0. The van der Waals surface area contributed by atoms with E-state index in [-0.39, 0.29) is 27.7 Å². The molecule has 0 saturated heterocycles. The molecule has 0 aliphatic heterocycles. The van der Waals surface area contributed by atoms with E-state index in [1.165, 1.54) is 18.2 Å². The number of alkyl halides is 3. The van der Waals surface area contributed by atoms with E-state index in [9.17, 15) is 32.9 Å². The van der Waals surface area contributed by atoms with Gasteiger partial charge in [-0.3, -0.25) is 25.0 Å². The number of aromatic nitrogens is 2. The molecule has 0 aliphatic rings. The standard InChI is InChI=1S/C12H8F3N5O4S/c13-12(14,15)10-18-19-11(25-10)17-8(21)5-16-9(22)6-2-1-3-7(4-6)20(23)24/h1-4H,5H2,(H,16,22)(H,17,19,21). The number of hydrogen-bond acceptors (Lipinski definition) is 7. The Hall–Kier alpha value is -3.09. The van der Waals surface area contributed by atoms with E-state index in [4.69, 9.17) is 0 Å². The first-order valence-corrected chi connectivity index (χ1v) is 7.21. The highest BCUT2D eigenvalue weighted by atomic mass is 32.1. The van der Waals surface area contributed by atoms with Crippen molar-refractivity contribution in [1.29, 1.82) is 0 Å². The van der Waals surface area contributed by atoms with Gasteiger partial charge in [-0.2, -0.15) is 13.2 Å². The molecular formula is C12H8F3N5O4S. The van der Waals surface area contributed by atoms with Gasteiger partial charge < -0.3 is 5.32 Å². The predicted molar refractivity (Wildman–Crippen MR) is 79.0 cm³/mol. The third kappa shape index (κ3) is 4.94. The van der Waals surface area contributed by atoms with Crippen molar-refractivity contribution in [3.63, 3.8) is 0 Å². The molecule has 0 spiro atoms. The number of amides is 2. The first-order valence-electron chi connectivity index (χ1n) is 6.40. The van der Waals surface area contributed by atoms with Crippen molar-refractivity contribution in [3.8, 4) is 0 Å². The summed E-state index contributed by atoms with van der Waals surface area (Å²) in [7, 11) is 0. The van der Waals surface area contributed by atoms with Crippen LogP contribution in [-0.2, 0) is 11.0 Å². The predicted octanol–water partition coefficient (Wildman–Crippen LogP) is 1.83. The molecule has 1 aromatic carbocycles. The summed E-state index contributed by atoms with van der Waals surface area (Å²) >= 11 is 0.137. The molecule has 0 fully saturated rings. The van der Waals surface area contributed by atoms with Gasteiger partial charge in [0.25, 0.3) is 11.6 Å². The smallest absolute Gasteiger partial charge is 0.343 e. The quantitative estimate of drug-likeness (QED) is 0.606. The molecule has 2 N–H and O–H groups in total. The molecule has 0 atom stereocenters. The first-order chi connectivity index (χ1) is 11.7. The van der Waals surface area contributed by atoms with E-state index < -0.39 is 34.5 Å². The fraction of sp³-hybridized carbons (Fsp3) is 0.167. The summed E-state index contributed by atoms with van der Waals surface area (Å²) in [6.45, 7) is -0.567. The van der Waals surface area contributed by atoms with Crippen LogP contribution in [0.4, 0.5) is 24.0 Å². The molecule has 0 saturated carbocycles. The van der Waals surface area contributed by atoms with Gasteiger partial charge in [0, 0.05) is 17.7 Å². The van der Waals surface area contributed by atoms with E-state index in [1.54, 1.807) is 0 Å². The molecule has 1 aromatic heterocycles. The third-order valence-electron chi connectivity index (χ3n) is 2.64. The number of benzene rings is 1. The summed E-state index contributed by atoms with van der Waals surface area (Å²) in [4.78, 5) is 33.4. The fourth-order valence-corrected chi connectivity index (χ4v) is 2.20. The molecule has 13 heteroatoms. The Balaban J connectivity index is 1.91. The molecule has 132 valence electrons. The molecule has 0 unspecified atom stereocenters. The lowest BCUT2D eigenvalue weighted by molar-refractivity contribution is -0.384. The Bertz CT molecular complexity index is 823. The Kier molecular flexibility index (Phi) is 5.26. The molecule has 1 heterocycles. The van der Waals surface area contributed by atoms with Gasteiger partial charge in [0.15, 0.2) is 0 Å². The number of non-ortho nitro benzene ring substituents is 1. The summed E-state index contributed by atoms with van der Waals surface area (Å²) < 4.78 is 37.1. The summed E-state index contributed by atoms with van der Waals surface area (Å²) in [5.74, 6) is -1.59. The van der Waals surface area contributed by atoms with Crippen molar-refractivity contribution < 1.29 is 27.7 Å². The summed E-state index contributed by atoms with van der Waals surface area (Å²) in [6.07, 6.45) is -4.67. The van der Waals surface area contributed by atoms with Crippen LogP contribution < -0.4 is 10.6 Å². The topological polar surface area (TPSA) is 127 Å². The van der Waals surface area contributed by atoms with Gasteiger partial charge in [-0.15, -0.1) is 10.2 Å². The van der Waals surface area contributed by atoms with E-state index >= 15 is 0 Å². The number of halogens is 3. The van der Waals surface area contributed by atoms with Crippen molar-refractivity contribution in [2.75, 3.05) is 11.9 Å². The minimum atomic E-state index is -4.67. The molecule has 0 aliphatic carbocycles. The van der Waals surface area contributed by atoms with E-state index in [0.717, 1.165) is 6.07 Å². The lowest BCUT2D eigenvalue weighted by atomic mass is 10.2. The number of carbonyl (C=O) groups is 2. The Morgan fingerprint density at radius 1 is 1.28 bits per heavy atom. The van der Waals surface area contributed by atoms with Gasteiger partial charge in [0.2, 0.25) is 16.0 Å². The summed E-state index contributed by atoms with van der Waals surface area (Å²) in [6, 6.07) is 4.82. The minimum Gasteiger partial charge on any atom is -0.343 e. The van der Waals surface area contributed by atoms with Crippen LogP contribution in [0.2, 0.25) is 0 Å². The van der Waals surface area contributed by atoms with Crippen molar-refractivity contribution in [1.82, 2.24) is 15.5 Å². The largest absolute Gasteiger partial charge is 0.445 e. The van der Waals surface area contributed by atoms with Gasteiger partial charge in [0.1, 0.15) is 0 Å². The zero-order chi connectivity index (χ0) is 18.6. The molecule has 0 radical (unpaired) electrons. The number of rotatable bonds is 5. The maximum absolute atomic E-state index is 12.4. The van der Waals surface area contributed by atoms with Crippen LogP contribution in [-0.4, -0.2) is 33.5 Å². The number of nitro groups is 1. The van der Waals surface area contributed by atoms with E-state index in [2.05, 4.69) is 20.8 Å². The minimum absolute atomic E-state index is 0.0442. The second-order valence-corrected chi connectivity index (χ2v) is 5.43. The molecule has 25 heavy (non-hydrogen) atoms. The summed E-state index contributed by atoms with van der Waals surface area (Å²) in [5, 5.41) is 19.3. The van der Waals surface area contributed by atoms with Crippen molar-refractivity contribution in [3.05, 3.63) is 45.0 Å². The maximum Gasteiger partial charge on any atom is 0.445 e.